The van der Waals surface area contributed by atoms with E-state index in [0.29, 0.717) is 11.8 Å². The van der Waals surface area contributed by atoms with Gasteiger partial charge in [-0.15, -0.1) is 0 Å². The normalized spacial score (nSPS) is 16.0. The molecule has 0 radical (unpaired) electrons. The molecule has 3 rings (SSSR count). The molecule has 0 saturated carbocycles. The quantitative estimate of drug-likeness (QED) is 0.886. The molecular weight excluding hydrogens is 300 g/mol. The van der Waals surface area contributed by atoms with E-state index in [0.717, 1.165) is 11.1 Å². The van der Waals surface area contributed by atoms with Crippen LogP contribution in [0.2, 0.25) is 0 Å². The molecule has 2 N–H and O–H groups in total. The summed E-state index contributed by atoms with van der Waals surface area (Å²) < 4.78 is 5.38. The molecule has 1 fully saturated rings. The molecule has 0 aromatic heterocycles. The van der Waals surface area contributed by atoms with Crippen LogP contribution < -0.4 is 10.5 Å². The molecule has 1 saturated heterocycles. The first-order valence-electron chi connectivity index (χ1n) is 8.49. The van der Waals surface area contributed by atoms with E-state index in [1.165, 1.54) is 31.5 Å². The predicted octanol–water partition coefficient (Wildman–Crippen LogP) is 3.37. The SMILES string of the molecule is C[C@@H](c1ccc(-c2cccc(OCC(N)=O)c2)cc1)N1CCCC1. The number of nitrogens with two attached hydrogens (primary N) is 1. The number of likely N-dealkylation sites (tertiary alicyclic amines) is 1. The summed E-state index contributed by atoms with van der Waals surface area (Å²) in [6, 6.07) is 16.9. The highest BCUT2D eigenvalue weighted by Crippen LogP contribution is 2.28. The minimum Gasteiger partial charge on any atom is -0.484 e. The van der Waals surface area contributed by atoms with Crippen molar-refractivity contribution in [3.05, 3.63) is 54.1 Å². The van der Waals surface area contributed by atoms with Crippen LogP contribution in [0, 0.1) is 0 Å². The Kier molecular flexibility index (Phi) is 5.16. The van der Waals surface area contributed by atoms with Gasteiger partial charge < -0.3 is 10.5 Å². The van der Waals surface area contributed by atoms with Crippen LogP contribution in [0.4, 0.5) is 0 Å². The first-order valence-corrected chi connectivity index (χ1v) is 8.49. The largest absolute Gasteiger partial charge is 0.484 e. The van der Waals surface area contributed by atoms with E-state index in [4.69, 9.17) is 10.5 Å². The number of amides is 1. The van der Waals surface area contributed by atoms with Crippen molar-refractivity contribution < 1.29 is 9.53 Å². The molecule has 0 bridgehead atoms. The van der Waals surface area contributed by atoms with Crippen molar-refractivity contribution in [1.82, 2.24) is 4.90 Å². The van der Waals surface area contributed by atoms with Gasteiger partial charge in [0.15, 0.2) is 6.61 Å². The van der Waals surface area contributed by atoms with Crippen LogP contribution in [0.25, 0.3) is 11.1 Å². The highest BCUT2D eigenvalue weighted by Gasteiger charge is 2.19. The summed E-state index contributed by atoms with van der Waals surface area (Å²) in [5, 5.41) is 0. The van der Waals surface area contributed by atoms with Crippen molar-refractivity contribution in [2.24, 2.45) is 5.73 Å². The van der Waals surface area contributed by atoms with Crippen molar-refractivity contribution in [3.8, 4) is 16.9 Å². The predicted molar refractivity (Wildman–Crippen MR) is 95.8 cm³/mol. The van der Waals surface area contributed by atoms with Crippen LogP contribution >= 0.6 is 0 Å². The van der Waals surface area contributed by atoms with Crippen LogP contribution in [-0.4, -0.2) is 30.5 Å². The highest BCUT2D eigenvalue weighted by molar-refractivity contribution is 5.75. The maximum atomic E-state index is 10.8. The maximum absolute atomic E-state index is 10.8. The number of hydrogen-bond acceptors (Lipinski definition) is 3. The number of benzene rings is 2. The molecule has 0 unspecified atom stereocenters. The number of primary amides is 1. The number of carbonyl (C=O) groups is 1. The summed E-state index contributed by atoms with van der Waals surface area (Å²) >= 11 is 0. The van der Waals surface area contributed by atoms with Gasteiger partial charge in [-0.3, -0.25) is 9.69 Å². The Morgan fingerprint density at radius 1 is 1.12 bits per heavy atom. The Balaban J connectivity index is 1.73. The van der Waals surface area contributed by atoms with Gasteiger partial charge in [0.05, 0.1) is 0 Å². The van der Waals surface area contributed by atoms with E-state index in [1.54, 1.807) is 0 Å². The van der Waals surface area contributed by atoms with Gasteiger partial charge in [0.25, 0.3) is 5.91 Å². The third kappa shape index (κ3) is 3.95. The van der Waals surface area contributed by atoms with E-state index in [1.807, 2.05) is 24.3 Å². The topological polar surface area (TPSA) is 55.6 Å². The van der Waals surface area contributed by atoms with Gasteiger partial charge in [-0.1, -0.05) is 36.4 Å². The van der Waals surface area contributed by atoms with Gasteiger partial charge >= 0.3 is 0 Å². The van der Waals surface area contributed by atoms with Gasteiger partial charge in [-0.05, 0) is 61.7 Å². The van der Waals surface area contributed by atoms with Crippen LogP contribution in [0.15, 0.2) is 48.5 Å². The number of rotatable bonds is 6. The van der Waals surface area contributed by atoms with Crippen molar-refractivity contribution in [2.75, 3.05) is 19.7 Å². The summed E-state index contributed by atoms with van der Waals surface area (Å²) in [5.41, 5.74) is 8.67. The third-order valence-corrected chi connectivity index (χ3v) is 4.63. The average Bonchev–Trinajstić information content (AvgIpc) is 3.14. The van der Waals surface area contributed by atoms with Crippen molar-refractivity contribution in [3.63, 3.8) is 0 Å². The Bertz CT molecular complexity index is 691. The van der Waals surface area contributed by atoms with Crippen LogP contribution in [-0.2, 0) is 4.79 Å². The van der Waals surface area contributed by atoms with Gasteiger partial charge in [0.1, 0.15) is 5.75 Å². The lowest BCUT2D eigenvalue weighted by Gasteiger charge is -2.24. The smallest absolute Gasteiger partial charge is 0.255 e. The van der Waals surface area contributed by atoms with E-state index in [-0.39, 0.29) is 6.61 Å². The Morgan fingerprint density at radius 3 is 2.50 bits per heavy atom. The Labute approximate surface area is 143 Å². The Morgan fingerprint density at radius 2 is 1.83 bits per heavy atom. The van der Waals surface area contributed by atoms with Crippen molar-refractivity contribution in [2.45, 2.75) is 25.8 Å². The zero-order chi connectivity index (χ0) is 16.9. The van der Waals surface area contributed by atoms with Crippen LogP contribution in [0.5, 0.6) is 5.75 Å². The molecule has 1 aliphatic rings. The lowest BCUT2D eigenvalue weighted by Crippen LogP contribution is -2.23. The van der Waals surface area contributed by atoms with E-state index >= 15 is 0 Å². The zero-order valence-electron chi connectivity index (χ0n) is 14.1. The van der Waals surface area contributed by atoms with Gasteiger partial charge in [-0.25, -0.2) is 0 Å². The molecule has 4 heteroatoms. The fraction of sp³-hybridized carbons (Fsp3) is 0.350. The standard InChI is InChI=1S/C20H24N2O2/c1-15(22-11-2-3-12-22)16-7-9-17(10-8-16)18-5-4-6-19(13-18)24-14-20(21)23/h4-10,13,15H,2-3,11-12,14H2,1H3,(H2,21,23)/t15-/m0/s1. The van der Waals surface area contributed by atoms with Gasteiger partial charge in [-0.2, -0.15) is 0 Å². The van der Waals surface area contributed by atoms with E-state index < -0.39 is 5.91 Å². The lowest BCUT2D eigenvalue weighted by atomic mass is 10.0. The summed E-state index contributed by atoms with van der Waals surface area (Å²) in [6.07, 6.45) is 2.61. The number of hydrogen-bond donors (Lipinski definition) is 1. The molecule has 126 valence electrons. The molecule has 0 spiro atoms. The molecule has 0 aliphatic carbocycles. The van der Waals surface area contributed by atoms with Crippen molar-refractivity contribution in [1.29, 1.82) is 0 Å². The monoisotopic (exact) mass is 324 g/mol. The van der Waals surface area contributed by atoms with E-state index in [2.05, 4.69) is 36.1 Å². The molecule has 2 aromatic carbocycles. The summed E-state index contributed by atoms with van der Waals surface area (Å²) in [4.78, 5) is 13.4. The second-order valence-corrected chi connectivity index (χ2v) is 6.32. The van der Waals surface area contributed by atoms with Crippen molar-refractivity contribution >= 4 is 5.91 Å². The maximum Gasteiger partial charge on any atom is 0.255 e. The van der Waals surface area contributed by atoms with Gasteiger partial charge in [0.2, 0.25) is 0 Å². The molecule has 24 heavy (non-hydrogen) atoms. The molecule has 1 heterocycles. The zero-order valence-corrected chi connectivity index (χ0v) is 14.1. The molecule has 2 aromatic rings. The second-order valence-electron chi connectivity index (χ2n) is 6.32. The molecular formula is C20H24N2O2. The molecule has 1 aliphatic heterocycles. The second kappa shape index (κ2) is 7.49. The first-order chi connectivity index (χ1) is 11.6. The number of ether oxygens (including phenoxy) is 1. The minimum atomic E-state index is -0.472. The summed E-state index contributed by atoms with van der Waals surface area (Å²) in [5.74, 6) is 0.182. The summed E-state index contributed by atoms with van der Waals surface area (Å²) in [6.45, 7) is 4.57. The molecule has 1 atom stereocenters. The van der Waals surface area contributed by atoms with E-state index in [9.17, 15) is 4.79 Å². The third-order valence-electron chi connectivity index (χ3n) is 4.63. The van der Waals surface area contributed by atoms with Crippen LogP contribution in [0.1, 0.15) is 31.4 Å². The fourth-order valence-corrected chi connectivity index (χ4v) is 3.21. The summed E-state index contributed by atoms with van der Waals surface area (Å²) in [7, 11) is 0. The Hall–Kier alpha value is -2.33. The minimum absolute atomic E-state index is 0.101. The first kappa shape index (κ1) is 16.5. The van der Waals surface area contributed by atoms with Crippen LogP contribution in [0.3, 0.4) is 0 Å². The number of carbonyl (C=O) groups excluding carboxylic acids is 1. The molecule has 4 nitrogen and oxygen atoms in total. The lowest BCUT2D eigenvalue weighted by molar-refractivity contribution is -0.119. The fourth-order valence-electron chi connectivity index (χ4n) is 3.21. The average molecular weight is 324 g/mol. The van der Waals surface area contributed by atoms with Gasteiger partial charge in [0, 0.05) is 6.04 Å². The number of nitrogens with zero attached hydrogens (tertiary/aromatic N) is 1. The highest BCUT2D eigenvalue weighted by atomic mass is 16.5. The molecule has 1 amide bonds.